The normalized spacial score (nSPS) is 11.3. The highest BCUT2D eigenvalue weighted by atomic mass is 32.2. The van der Waals surface area contributed by atoms with Crippen LogP contribution in [-0.2, 0) is 17.8 Å². The minimum Gasteiger partial charge on any atom is -0.383 e. The molecule has 0 aliphatic carbocycles. The van der Waals surface area contributed by atoms with Crippen LogP contribution in [0.5, 0.6) is 0 Å². The number of Topliss-reactive ketones (excluding diaryl/α,β-unsaturated/α-hetero) is 1. The number of hydrogen-bond donors (Lipinski definition) is 0. The summed E-state index contributed by atoms with van der Waals surface area (Å²) in [6, 6.07) is 14.4. The molecule has 0 aliphatic rings. The predicted octanol–water partition coefficient (Wildman–Crippen LogP) is 5.40. The molecule has 0 radical (unpaired) electrons. The minimum atomic E-state index is 0.101. The number of benzene rings is 1. The van der Waals surface area contributed by atoms with Gasteiger partial charge in [-0.15, -0.1) is 21.5 Å². The summed E-state index contributed by atoms with van der Waals surface area (Å²) in [5.41, 5.74) is 5.05. The fourth-order valence-corrected chi connectivity index (χ4v) is 5.41. The highest BCUT2D eigenvalue weighted by molar-refractivity contribution is 7.99. The highest BCUT2D eigenvalue weighted by Crippen LogP contribution is 2.26. The van der Waals surface area contributed by atoms with Gasteiger partial charge in [-0.3, -0.25) is 9.36 Å². The first-order chi connectivity index (χ1) is 16.0. The number of aryl methyl sites for hydroxylation is 2. The van der Waals surface area contributed by atoms with Crippen molar-refractivity contribution in [3.8, 4) is 11.4 Å². The van der Waals surface area contributed by atoms with Crippen LogP contribution >= 0.6 is 23.1 Å². The lowest BCUT2D eigenvalue weighted by Crippen LogP contribution is -2.10. The third-order valence-electron chi connectivity index (χ3n) is 5.61. The van der Waals surface area contributed by atoms with E-state index in [1.165, 1.54) is 16.6 Å². The van der Waals surface area contributed by atoms with Crippen LogP contribution < -0.4 is 0 Å². The highest BCUT2D eigenvalue weighted by Gasteiger charge is 2.19. The van der Waals surface area contributed by atoms with Crippen molar-refractivity contribution >= 4 is 28.9 Å². The number of nitrogens with zero attached hydrogens (tertiary/aromatic N) is 4. The number of carbonyl (C=O) groups excluding carboxylic acids is 1. The molecule has 0 aliphatic heterocycles. The minimum absolute atomic E-state index is 0.101. The molecule has 0 amide bonds. The fourth-order valence-electron chi connectivity index (χ4n) is 3.87. The van der Waals surface area contributed by atoms with Crippen LogP contribution in [0.15, 0.2) is 53.0 Å². The molecule has 8 heteroatoms. The molecule has 0 unspecified atom stereocenters. The Morgan fingerprint density at radius 1 is 1.09 bits per heavy atom. The number of ketones is 1. The Labute approximate surface area is 202 Å². The van der Waals surface area contributed by atoms with Gasteiger partial charge < -0.3 is 9.30 Å². The van der Waals surface area contributed by atoms with Gasteiger partial charge in [-0.05, 0) is 44.4 Å². The molecule has 3 heterocycles. The lowest BCUT2D eigenvalue weighted by atomic mass is 10.1. The fraction of sp³-hybridized carbons (Fsp3) is 0.320. The van der Waals surface area contributed by atoms with E-state index in [4.69, 9.17) is 4.74 Å². The summed E-state index contributed by atoms with van der Waals surface area (Å²) in [6.07, 6.45) is 0. The second-order valence-corrected chi connectivity index (χ2v) is 9.96. The van der Waals surface area contributed by atoms with Crippen LogP contribution in [0.4, 0.5) is 0 Å². The summed E-state index contributed by atoms with van der Waals surface area (Å²) in [5, 5.41) is 11.6. The molecule has 0 saturated carbocycles. The summed E-state index contributed by atoms with van der Waals surface area (Å²) in [4.78, 5) is 14.4. The first-order valence-electron chi connectivity index (χ1n) is 10.8. The van der Waals surface area contributed by atoms with Crippen molar-refractivity contribution in [3.05, 3.63) is 75.2 Å². The molecule has 0 saturated heterocycles. The molecule has 172 valence electrons. The molecular formula is C25H28N4O2S2. The predicted molar refractivity (Wildman–Crippen MR) is 134 cm³/mol. The maximum Gasteiger partial charge on any atom is 0.192 e. The van der Waals surface area contributed by atoms with Gasteiger partial charge in [-0.1, -0.05) is 41.6 Å². The van der Waals surface area contributed by atoms with Gasteiger partial charge in [0, 0.05) is 34.5 Å². The Kier molecular flexibility index (Phi) is 7.47. The van der Waals surface area contributed by atoms with E-state index in [2.05, 4.69) is 58.3 Å². The number of thiophene rings is 1. The Hall–Kier alpha value is -2.68. The number of hydrogen-bond acceptors (Lipinski definition) is 6. The van der Waals surface area contributed by atoms with Gasteiger partial charge in [0.05, 0.1) is 25.4 Å². The van der Waals surface area contributed by atoms with E-state index in [0.29, 0.717) is 18.9 Å². The summed E-state index contributed by atoms with van der Waals surface area (Å²) in [7, 11) is 1.68. The van der Waals surface area contributed by atoms with E-state index in [0.717, 1.165) is 45.6 Å². The number of ether oxygens (including phenoxy) is 1. The van der Waals surface area contributed by atoms with Crippen LogP contribution in [0.2, 0.25) is 0 Å². The van der Waals surface area contributed by atoms with Gasteiger partial charge in [0.15, 0.2) is 16.8 Å². The van der Waals surface area contributed by atoms with E-state index in [1.54, 1.807) is 18.4 Å². The van der Waals surface area contributed by atoms with Crippen molar-refractivity contribution in [2.45, 2.75) is 39.0 Å². The van der Waals surface area contributed by atoms with Gasteiger partial charge in [0.1, 0.15) is 0 Å². The standard InChI is InChI=1S/C25H28N4O2S2/c1-17-7-5-8-20(13-17)24-26-27-25(28(24)10-11-31-4)33-16-23(30)22-14-18(2)29(19(22)3)15-21-9-6-12-32-21/h5-9,12-14H,10-11,15-16H2,1-4H3. The van der Waals surface area contributed by atoms with Crippen LogP contribution in [0.3, 0.4) is 0 Å². The monoisotopic (exact) mass is 480 g/mol. The average Bonchev–Trinajstić information content (AvgIpc) is 3.52. The third-order valence-corrected chi connectivity index (χ3v) is 7.44. The Morgan fingerprint density at radius 3 is 2.67 bits per heavy atom. The van der Waals surface area contributed by atoms with Gasteiger partial charge in [0.2, 0.25) is 0 Å². The Balaban J connectivity index is 1.52. The summed E-state index contributed by atoms with van der Waals surface area (Å²) >= 11 is 3.16. The Morgan fingerprint density at radius 2 is 1.94 bits per heavy atom. The third kappa shape index (κ3) is 5.29. The van der Waals surface area contributed by atoms with E-state index < -0.39 is 0 Å². The van der Waals surface area contributed by atoms with Crippen molar-refractivity contribution < 1.29 is 9.53 Å². The number of methoxy groups -OCH3 is 1. The molecular weight excluding hydrogens is 452 g/mol. The summed E-state index contributed by atoms with van der Waals surface area (Å²) in [6.45, 7) is 8.10. The number of rotatable bonds is 10. The SMILES string of the molecule is COCCn1c(SCC(=O)c2cc(C)n(Cc3cccs3)c2C)nnc1-c1cccc(C)c1. The van der Waals surface area contributed by atoms with E-state index in [-0.39, 0.29) is 5.78 Å². The maximum atomic E-state index is 13.1. The van der Waals surface area contributed by atoms with Crippen LogP contribution in [0.1, 0.15) is 32.2 Å². The quantitative estimate of drug-likeness (QED) is 0.225. The zero-order valence-electron chi connectivity index (χ0n) is 19.4. The molecule has 4 aromatic rings. The van der Waals surface area contributed by atoms with E-state index in [9.17, 15) is 4.79 Å². The molecule has 33 heavy (non-hydrogen) atoms. The molecule has 1 aromatic carbocycles. The summed E-state index contributed by atoms with van der Waals surface area (Å²) in [5.74, 6) is 1.20. The van der Waals surface area contributed by atoms with Gasteiger partial charge >= 0.3 is 0 Å². The smallest absolute Gasteiger partial charge is 0.192 e. The van der Waals surface area contributed by atoms with Crippen molar-refractivity contribution in [2.75, 3.05) is 19.5 Å². The average molecular weight is 481 g/mol. The zero-order chi connectivity index (χ0) is 23.4. The van der Waals surface area contributed by atoms with Crippen LogP contribution in [0.25, 0.3) is 11.4 Å². The van der Waals surface area contributed by atoms with Gasteiger partial charge in [-0.2, -0.15) is 0 Å². The molecule has 0 fully saturated rings. The van der Waals surface area contributed by atoms with Gasteiger partial charge in [-0.25, -0.2) is 0 Å². The molecule has 4 rings (SSSR count). The Bertz CT molecular complexity index is 1240. The molecule has 0 atom stereocenters. The number of aromatic nitrogens is 4. The first kappa shape index (κ1) is 23.5. The molecule has 6 nitrogen and oxygen atoms in total. The van der Waals surface area contributed by atoms with E-state index in [1.807, 2.05) is 29.7 Å². The van der Waals surface area contributed by atoms with Crippen molar-refractivity contribution in [1.82, 2.24) is 19.3 Å². The van der Waals surface area contributed by atoms with Crippen molar-refractivity contribution in [3.63, 3.8) is 0 Å². The lowest BCUT2D eigenvalue weighted by molar-refractivity contribution is 0.102. The number of thioether (sulfide) groups is 1. The van der Waals surface area contributed by atoms with Crippen molar-refractivity contribution in [2.24, 2.45) is 0 Å². The molecule has 0 bridgehead atoms. The zero-order valence-corrected chi connectivity index (χ0v) is 21.0. The summed E-state index contributed by atoms with van der Waals surface area (Å²) < 4.78 is 9.55. The second kappa shape index (κ2) is 10.5. The molecule has 0 N–H and O–H groups in total. The van der Waals surface area contributed by atoms with Crippen LogP contribution in [-0.4, -0.2) is 44.6 Å². The van der Waals surface area contributed by atoms with Gasteiger partial charge in [0.25, 0.3) is 0 Å². The van der Waals surface area contributed by atoms with Crippen LogP contribution in [0, 0.1) is 20.8 Å². The topological polar surface area (TPSA) is 61.9 Å². The maximum absolute atomic E-state index is 13.1. The lowest BCUT2D eigenvalue weighted by Gasteiger charge is -2.10. The first-order valence-corrected chi connectivity index (χ1v) is 12.7. The van der Waals surface area contributed by atoms with E-state index >= 15 is 0 Å². The molecule has 0 spiro atoms. The number of carbonyl (C=O) groups is 1. The second-order valence-electron chi connectivity index (χ2n) is 7.98. The molecule has 3 aromatic heterocycles. The largest absolute Gasteiger partial charge is 0.383 e. The van der Waals surface area contributed by atoms with Crippen molar-refractivity contribution in [1.29, 1.82) is 0 Å².